The summed E-state index contributed by atoms with van der Waals surface area (Å²) >= 11 is 0. The number of carbonyl (C=O) groups is 5. The molecule has 1 aromatic carbocycles. The number of ketones is 2. The number of benzene rings is 1. The first-order valence-corrected chi connectivity index (χ1v) is 19.8. The van der Waals surface area contributed by atoms with E-state index in [4.69, 9.17) is 34.1 Å². The van der Waals surface area contributed by atoms with E-state index >= 15 is 0 Å². The van der Waals surface area contributed by atoms with Gasteiger partial charge in [0.05, 0.1) is 30.8 Å². The van der Waals surface area contributed by atoms with Crippen molar-refractivity contribution in [1.29, 1.82) is 0 Å². The first kappa shape index (κ1) is 42.6. The SMILES string of the molecule is CCCC1O[C@@H]2C[C@H]3[C@@H]4CCC5=CC(=O)C=C[C@]5(C)[C@H]4[C@@H](O)C[C@]3(C)C2(C(=O)COC(=O)Oc2ccc(CC(NC(C)=O)C(=O)OCCCCON(O)O)cc2)O1. The molecular weight excluding hydrogens is 744 g/mol. The number of hydrogen-bond donors (Lipinski definition) is 4. The van der Waals surface area contributed by atoms with Gasteiger partial charge in [-0.15, -0.1) is 0 Å². The summed E-state index contributed by atoms with van der Waals surface area (Å²) in [5, 5.41) is 31.2. The van der Waals surface area contributed by atoms with Gasteiger partial charge in [-0.3, -0.25) is 29.6 Å². The number of aliphatic hydroxyl groups excluding tert-OH is 1. The zero-order valence-electron chi connectivity index (χ0n) is 32.8. The van der Waals surface area contributed by atoms with Crippen LogP contribution in [0.4, 0.5) is 4.79 Å². The second-order valence-corrected chi connectivity index (χ2v) is 16.3. The number of rotatable bonds is 16. The van der Waals surface area contributed by atoms with Crippen molar-refractivity contribution in [2.45, 2.75) is 116 Å². The largest absolute Gasteiger partial charge is 0.514 e. The molecule has 0 aromatic heterocycles. The van der Waals surface area contributed by atoms with Gasteiger partial charge in [0.25, 0.3) is 0 Å². The number of hydrogen-bond acceptors (Lipinski definition) is 15. The maximum Gasteiger partial charge on any atom is 0.514 e. The van der Waals surface area contributed by atoms with Crippen molar-refractivity contribution in [3.63, 3.8) is 0 Å². The highest BCUT2D eigenvalue weighted by Gasteiger charge is 2.76. The third-order valence-corrected chi connectivity index (χ3v) is 12.8. The Labute approximate surface area is 331 Å². The lowest BCUT2D eigenvalue weighted by Gasteiger charge is -2.59. The third kappa shape index (κ3) is 8.58. The van der Waals surface area contributed by atoms with Crippen molar-refractivity contribution >= 4 is 29.6 Å². The smallest absolute Gasteiger partial charge is 0.464 e. The molecule has 1 aliphatic heterocycles. The summed E-state index contributed by atoms with van der Waals surface area (Å²) in [5.74, 6) is -1.61. The monoisotopic (exact) mass is 798 g/mol. The molecule has 6 rings (SSSR count). The summed E-state index contributed by atoms with van der Waals surface area (Å²) in [7, 11) is 0. The second-order valence-electron chi connectivity index (χ2n) is 16.3. The van der Waals surface area contributed by atoms with Crippen molar-refractivity contribution in [1.82, 2.24) is 10.7 Å². The van der Waals surface area contributed by atoms with E-state index in [9.17, 15) is 29.1 Å². The van der Waals surface area contributed by atoms with Crippen LogP contribution >= 0.6 is 0 Å². The highest BCUT2D eigenvalue weighted by Crippen LogP contribution is 2.69. The molecular formula is C41H54N2O14. The molecule has 10 atom stereocenters. The number of fused-ring (bicyclic) bond motifs is 7. The number of esters is 1. The van der Waals surface area contributed by atoms with E-state index in [1.54, 1.807) is 24.3 Å². The van der Waals surface area contributed by atoms with Crippen LogP contribution in [0, 0.1) is 28.6 Å². The van der Waals surface area contributed by atoms with Gasteiger partial charge < -0.3 is 34.1 Å². The maximum atomic E-state index is 14.5. The topological polar surface area (TPSA) is 217 Å². The lowest BCUT2D eigenvalue weighted by Crippen LogP contribution is -2.63. The molecule has 4 aliphatic carbocycles. The average Bonchev–Trinajstić information content (AvgIpc) is 3.64. The molecule has 312 valence electrons. The van der Waals surface area contributed by atoms with Crippen molar-refractivity contribution in [2.75, 3.05) is 19.8 Å². The number of nitrogens with zero attached hydrogens (tertiary/aromatic N) is 1. The minimum absolute atomic E-state index is 0.00338. The van der Waals surface area contributed by atoms with Crippen LogP contribution in [0.25, 0.3) is 0 Å². The lowest BCUT2D eigenvalue weighted by atomic mass is 9.46. The molecule has 1 heterocycles. The summed E-state index contributed by atoms with van der Waals surface area (Å²) in [5.41, 5.74) is -1.10. The number of unbranched alkanes of at least 4 members (excludes halogenated alkanes) is 1. The van der Waals surface area contributed by atoms with E-state index in [1.165, 1.54) is 19.1 Å². The van der Waals surface area contributed by atoms with E-state index in [2.05, 4.69) is 17.1 Å². The molecule has 1 aromatic rings. The quantitative estimate of drug-likeness (QED) is 0.0793. The molecule has 0 radical (unpaired) electrons. The van der Waals surface area contributed by atoms with Crippen molar-refractivity contribution < 1.29 is 68.0 Å². The molecule has 0 spiro atoms. The lowest BCUT2D eigenvalue weighted by molar-refractivity contribution is -0.492. The van der Waals surface area contributed by atoms with E-state index < -0.39 is 76.8 Å². The Morgan fingerprint density at radius 2 is 1.81 bits per heavy atom. The van der Waals surface area contributed by atoms with Gasteiger partial charge in [0.1, 0.15) is 11.8 Å². The normalized spacial score (nSPS) is 33.0. The molecule has 3 saturated carbocycles. The van der Waals surface area contributed by atoms with Crippen molar-refractivity contribution in [2.24, 2.45) is 28.6 Å². The summed E-state index contributed by atoms with van der Waals surface area (Å²) in [6.07, 6.45) is 6.61. The van der Waals surface area contributed by atoms with E-state index in [-0.39, 0.29) is 55.3 Å². The van der Waals surface area contributed by atoms with Gasteiger partial charge in [0.15, 0.2) is 24.3 Å². The highest BCUT2D eigenvalue weighted by molar-refractivity contribution is 6.01. The van der Waals surface area contributed by atoms with E-state index in [0.29, 0.717) is 37.7 Å². The maximum absolute atomic E-state index is 14.5. The van der Waals surface area contributed by atoms with Gasteiger partial charge in [-0.25, -0.2) is 9.59 Å². The number of amides is 1. The Morgan fingerprint density at radius 3 is 2.51 bits per heavy atom. The number of Topliss-reactive ketones (excluding diaryl/α,β-unsaturated/α-hetero) is 1. The molecule has 0 bridgehead atoms. The zero-order chi connectivity index (χ0) is 41.1. The Kier molecular flexibility index (Phi) is 13.0. The molecule has 57 heavy (non-hydrogen) atoms. The highest BCUT2D eigenvalue weighted by atomic mass is 17.1. The fraction of sp³-hybridized carbons (Fsp3) is 0.634. The Bertz CT molecular complexity index is 1750. The molecule has 16 heteroatoms. The van der Waals surface area contributed by atoms with E-state index in [0.717, 1.165) is 18.4 Å². The number of allylic oxidation sites excluding steroid dienone is 4. The molecule has 1 saturated heterocycles. The summed E-state index contributed by atoms with van der Waals surface area (Å²) in [4.78, 5) is 68.7. The third-order valence-electron chi connectivity index (χ3n) is 12.8. The van der Waals surface area contributed by atoms with Crippen LogP contribution < -0.4 is 10.1 Å². The number of nitrogens with one attached hydrogen (secondary N) is 1. The number of aliphatic hydroxyl groups is 1. The molecule has 16 nitrogen and oxygen atoms in total. The van der Waals surface area contributed by atoms with Crippen LogP contribution in [0.3, 0.4) is 0 Å². The molecule has 5 aliphatic rings. The van der Waals surface area contributed by atoms with E-state index in [1.807, 2.05) is 19.9 Å². The van der Waals surface area contributed by atoms with Gasteiger partial charge in [0.2, 0.25) is 11.7 Å². The molecule has 3 unspecified atom stereocenters. The van der Waals surface area contributed by atoms with Crippen molar-refractivity contribution in [3.05, 3.63) is 53.6 Å². The first-order valence-electron chi connectivity index (χ1n) is 19.8. The van der Waals surface area contributed by atoms with Crippen LogP contribution in [0.2, 0.25) is 0 Å². The van der Waals surface area contributed by atoms with Gasteiger partial charge in [-0.1, -0.05) is 51.0 Å². The van der Waals surface area contributed by atoms with Crippen LogP contribution in [0.15, 0.2) is 48.1 Å². The van der Waals surface area contributed by atoms with Gasteiger partial charge in [-0.2, -0.15) is 0 Å². The Hall–Kier alpha value is -4.03. The van der Waals surface area contributed by atoms with Crippen LogP contribution in [-0.4, -0.2) is 100 Å². The Morgan fingerprint density at radius 1 is 1.07 bits per heavy atom. The summed E-state index contributed by atoms with van der Waals surface area (Å²) in [6.45, 7) is 6.75. The van der Waals surface area contributed by atoms with Crippen molar-refractivity contribution in [3.8, 4) is 5.75 Å². The predicted molar refractivity (Wildman–Crippen MR) is 197 cm³/mol. The fourth-order valence-corrected chi connectivity index (χ4v) is 10.4. The van der Waals surface area contributed by atoms with Crippen LogP contribution in [0.5, 0.6) is 5.75 Å². The predicted octanol–water partition coefficient (Wildman–Crippen LogP) is 4.32. The zero-order valence-corrected chi connectivity index (χ0v) is 32.8. The summed E-state index contributed by atoms with van der Waals surface area (Å²) < 4.78 is 29.2. The van der Waals surface area contributed by atoms with Gasteiger partial charge in [-0.05, 0) is 86.6 Å². The Balaban J connectivity index is 1.08. The number of carbonyl (C=O) groups excluding carboxylic acids is 5. The number of ether oxygens (including phenoxy) is 5. The van der Waals surface area contributed by atoms with Crippen LogP contribution in [0.1, 0.15) is 84.6 Å². The van der Waals surface area contributed by atoms with Gasteiger partial charge in [0, 0.05) is 30.1 Å². The minimum Gasteiger partial charge on any atom is -0.464 e. The minimum atomic E-state index is -1.46. The van der Waals surface area contributed by atoms with Gasteiger partial charge >= 0.3 is 12.1 Å². The second kappa shape index (κ2) is 17.4. The molecule has 4 N–H and O–H groups in total. The van der Waals surface area contributed by atoms with Crippen LogP contribution in [-0.2, 0) is 49.4 Å². The fourth-order valence-electron chi connectivity index (χ4n) is 10.4. The molecule has 1 amide bonds. The average molecular weight is 799 g/mol. The summed E-state index contributed by atoms with van der Waals surface area (Å²) in [6, 6.07) is 5.20. The molecule has 4 fully saturated rings. The first-order chi connectivity index (χ1) is 27.1. The standard InChI is InChI=1S/C41H54N2O14/c1-5-8-35-56-34-21-30-29-14-11-26-20-27(45)15-16-39(26,3)36(29)32(46)22-40(30,4)41(34,57-35)33(47)23-53-38(49)55-28-12-9-25(10-13-28)19-31(42-24(2)44)37(48)52-17-6-7-18-54-43(50)51/h9-10,12-13,15-16,20,29-32,34-36,46,50-51H,5-8,11,14,17-19,21-23H2,1-4H3,(H,42,44)/t29-,30-,31?,32-,34+,35?,36+,39-,40-,41?/m0/s1.